The number of carbonyl (C=O) groups excluding carboxylic acids is 1. The van der Waals surface area contributed by atoms with Gasteiger partial charge in [-0.3, -0.25) is 9.59 Å². The van der Waals surface area contributed by atoms with Crippen LogP contribution in [0.15, 0.2) is 108 Å². The standard InChI is InChI=1S/C26H22N2O2/c29-25(22-16-17-24(28-26(22)30)21-14-8-3-9-15-21)27-18-23(19-10-4-1-5-11-19)20-12-6-2-7-13-20/h1-17,23H,18H2,(H,27,29)(H,28,30). The Morgan fingerprint density at radius 1 is 0.733 bits per heavy atom. The molecule has 148 valence electrons. The monoisotopic (exact) mass is 394 g/mol. The van der Waals surface area contributed by atoms with Crippen molar-refractivity contribution in [3.63, 3.8) is 0 Å². The van der Waals surface area contributed by atoms with Crippen molar-refractivity contribution >= 4 is 5.91 Å². The number of hydrogen-bond donors (Lipinski definition) is 2. The van der Waals surface area contributed by atoms with Gasteiger partial charge in [0.05, 0.1) is 0 Å². The van der Waals surface area contributed by atoms with E-state index >= 15 is 0 Å². The predicted molar refractivity (Wildman–Crippen MR) is 120 cm³/mol. The van der Waals surface area contributed by atoms with Crippen LogP contribution in [0.5, 0.6) is 0 Å². The fraction of sp³-hybridized carbons (Fsp3) is 0.0769. The Morgan fingerprint density at radius 3 is 1.80 bits per heavy atom. The number of aromatic amines is 1. The van der Waals surface area contributed by atoms with Crippen molar-refractivity contribution in [2.24, 2.45) is 0 Å². The lowest BCUT2D eigenvalue weighted by Crippen LogP contribution is -2.33. The molecular weight excluding hydrogens is 372 g/mol. The number of amides is 1. The summed E-state index contributed by atoms with van der Waals surface area (Å²) in [4.78, 5) is 28.1. The second kappa shape index (κ2) is 9.05. The quantitative estimate of drug-likeness (QED) is 0.502. The van der Waals surface area contributed by atoms with E-state index in [4.69, 9.17) is 0 Å². The molecule has 0 aliphatic carbocycles. The topological polar surface area (TPSA) is 62.0 Å². The fourth-order valence-corrected chi connectivity index (χ4v) is 3.53. The Balaban J connectivity index is 1.53. The molecule has 0 aliphatic rings. The lowest BCUT2D eigenvalue weighted by Gasteiger charge is -2.19. The van der Waals surface area contributed by atoms with Gasteiger partial charge in [0.15, 0.2) is 0 Å². The summed E-state index contributed by atoms with van der Waals surface area (Å²) in [5, 5.41) is 2.94. The largest absolute Gasteiger partial charge is 0.351 e. The van der Waals surface area contributed by atoms with Crippen LogP contribution < -0.4 is 10.9 Å². The molecule has 0 spiro atoms. The molecule has 1 aromatic heterocycles. The van der Waals surface area contributed by atoms with E-state index in [0.29, 0.717) is 12.2 Å². The maximum atomic E-state index is 12.7. The first kappa shape index (κ1) is 19.4. The summed E-state index contributed by atoms with van der Waals surface area (Å²) < 4.78 is 0. The SMILES string of the molecule is O=C(NCC(c1ccccc1)c1ccccc1)c1ccc(-c2ccccc2)[nH]c1=O. The molecule has 0 unspecified atom stereocenters. The Labute approximate surface area is 175 Å². The lowest BCUT2D eigenvalue weighted by atomic mass is 9.91. The molecular formula is C26H22N2O2. The molecule has 1 amide bonds. The van der Waals surface area contributed by atoms with Gasteiger partial charge in [0.1, 0.15) is 5.56 Å². The maximum Gasteiger partial charge on any atom is 0.261 e. The van der Waals surface area contributed by atoms with Gasteiger partial charge < -0.3 is 10.3 Å². The normalized spacial score (nSPS) is 10.7. The van der Waals surface area contributed by atoms with Gasteiger partial charge >= 0.3 is 0 Å². The minimum atomic E-state index is -0.398. The number of rotatable bonds is 6. The van der Waals surface area contributed by atoms with Crippen LogP contribution in [0, 0.1) is 0 Å². The van der Waals surface area contributed by atoms with E-state index in [1.54, 1.807) is 12.1 Å². The second-order valence-corrected chi connectivity index (χ2v) is 7.06. The average Bonchev–Trinajstić information content (AvgIpc) is 2.81. The van der Waals surface area contributed by atoms with Crippen molar-refractivity contribution in [3.8, 4) is 11.3 Å². The van der Waals surface area contributed by atoms with Crippen molar-refractivity contribution in [1.82, 2.24) is 10.3 Å². The Hall–Kier alpha value is -3.92. The third-order valence-electron chi connectivity index (χ3n) is 5.11. The number of H-pyrrole nitrogens is 1. The summed E-state index contributed by atoms with van der Waals surface area (Å²) in [6.07, 6.45) is 0. The van der Waals surface area contributed by atoms with E-state index in [9.17, 15) is 9.59 Å². The number of nitrogens with one attached hydrogen (secondary N) is 2. The van der Waals surface area contributed by atoms with Crippen molar-refractivity contribution in [2.45, 2.75) is 5.92 Å². The van der Waals surface area contributed by atoms with Gasteiger partial charge in [-0.15, -0.1) is 0 Å². The Morgan fingerprint density at radius 2 is 1.27 bits per heavy atom. The van der Waals surface area contributed by atoms with Gasteiger partial charge in [-0.2, -0.15) is 0 Å². The molecule has 4 aromatic rings. The highest BCUT2D eigenvalue weighted by Gasteiger charge is 2.17. The van der Waals surface area contributed by atoms with Crippen LogP contribution in [0.2, 0.25) is 0 Å². The number of pyridine rings is 1. The van der Waals surface area contributed by atoms with E-state index in [1.165, 1.54) is 0 Å². The van der Waals surface area contributed by atoms with Crippen LogP contribution in [-0.2, 0) is 0 Å². The van der Waals surface area contributed by atoms with Crippen molar-refractivity contribution in [3.05, 3.63) is 130 Å². The van der Waals surface area contributed by atoms with Crippen LogP contribution in [0.1, 0.15) is 27.4 Å². The van der Waals surface area contributed by atoms with Crippen molar-refractivity contribution in [2.75, 3.05) is 6.54 Å². The van der Waals surface area contributed by atoms with Crippen LogP contribution in [0.3, 0.4) is 0 Å². The molecule has 4 heteroatoms. The molecule has 1 heterocycles. The summed E-state index contributed by atoms with van der Waals surface area (Å²) in [5.41, 5.74) is 3.51. The van der Waals surface area contributed by atoms with Crippen molar-refractivity contribution in [1.29, 1.82) is 0 Å². The van der Waals surface area contributed by atoms with Crippen LogP contribution in [-0.4, -0.2) is 17.4 Å². The van der Waals surface area contributed by atoms with Gasteiger partial charge in [-0.05, 0) is 28.8 Å². The molecule has 0 atom stereocenters. The van der Waals surface area contributed by atoms with Gasteiger partial charge in [-0.25, -0.2) is 0 Å². The first-order valence-electron chi connectivity index (χ1n) is 9.89. The van der Waals surface area contributed by atoms with Gasteiger partial charge in [0.2, 0.25) is 0 Å². The zero-order chi connectivity index (χ0) is 20.8. The summed E-state index contributed by atoms with van der Waals surface area (Å²) in [5.74, 6) is -0.383. The van der Waals surface area contributed by atoms with E-state index in [1.807, 2.05) is 91.0 Å². The first-order valence-corrected chi connectivity index (χ1v) is 9.89. The van der Waals surface area contributed by atoms with Crippen LogP contribution in [0.4, 0.5) is 0 Å². The summed E-state index contributed by atoms with van der Waals surface area (Å²) in [6, 6.07) is 33.0. The third-order valence-corrected chi connectivity index (χ3v) is 5.11. The number of aromatic nitrogens is 1. The summed E-state index contributed by atoms with van der Waals surface area (Å²) in [6.45, 7) is 0.396. The molecule has 0 saturated heterocycles. The zero-order valence-electron chi connectivity index (χ0n) is 16.4. The summed E-state index contributed by atoms with van der Waals surface area (Å²) >= 11 is 0. The molecule has 4 rings (SSSR count). The van der Waals surface area contributed by atoms with E-state index in [-0.39, 0.29) is 17.4 Å². The predicted octanol–water partition coefficient (Wildman–Crippen LogP) is 4.60. The molecule has 0 radical (unpaired) electrons. The van der Waals surface area contributed by atoms with Gasteiger partial charge in [0.25, 0.3) is 11.5 Å². The molecule has 0 saturated carbocycles. The molecule has 2 N–H and O–H groups in total. The molecule has 0 bridgehead atoms. The average molecular weight is 394 g/mol. The molecule has 4 nitrogen and oxygen atoms in total. The van der Waals surface area contributed by atoms with Gasteiger partial charge in [0, 0.05) is 18.2 Å². The molecule has 0 aliphatic heterocycles. The van der Waals surface area contributed by atoms with E-state index in [2.05, 4.69) is 10.3 Å². The second-order valence-electron chi connectivity index (χ2n) is 7.06. The number of benzene rings is 3. The van der Waals surface area contributed by atoms with Crippen LogP contribution >= 0.6 is 0 Å². The highest BCUT2D eigenvalue weighted by Crippen LogP contribution is 2.23. The Bertz CT molecular complexity index is 1130. The van der Waals surface area contributed by atoms with Gasteiger partial charge in [-0.1, -0.05) is 91.0 Å². The molecule has 30 heavy (non-hydrogen) atoms. The smallest absolute Gasteiger partial charge is 0.261 e. The third kappa shape index (κ3) is 4.39. The zero-order valence-corrected chi connectivity index (χ0v) is 16.4. The van der Waals surface area contributed by atoms with Crippen molar-refractivity contribution < 1.29 is 4.79 Å². The van der Waals surface area contributed by atoms with Crippen LogP contribution in [0.25, 0.3) is 11.3 Å². The van der Waals surface area contributed by atoms with E-state index < -0.39 is 5.56 Å². The summed E-state index contributed by atoms with van der Waals surface area (Å²) in [7, 11) is 0. The lowest BCUT2D eigenvalue weighted by molar-refractivity contribution is 0.0951. The number of carbonyl (C=O) groups is 1. The first-order chi connectivity index (χ1) is 14.7. The number of hydrogen-bond acceptors (Lipinski definition) is 2. The highest BCUT2D eigenvalue weighted by molar-refractivity contribution is 5.94. The van der Waals surface area contributed by atoms with E-state index in [0.717, 1.165) is 16.7 Å². The highest BCUT2D eigenvalue weighted by atomic mass is 16.2. The Kier molecular flexibility index (Phi) is 5.85. The fourth-order valence-electron chi connectivity index (χ4n) is 3.53. The molecule has 0 fully saturated rings. The minimum Gasteiger partial charge on any atom is -0.351 e. The molecule has 3 aromatic carbocycles. The maximum absolute atomic E-state index is 12.7. The minimum absolute atomic E-state index is 0.000904.